The Morgan fingerprint density at radius 1 is 0.938 bits per heavy atom. The summed E-state index contributed by atoms with van der Waals surface area (Å²) in [5.74, 6) is 0.276. The minimum atomic E-state index is 0.276. The van der Waals surface area contributed by atoms with Crippen molar-refractivity contribution in [2.75, 3.05) is 0 Å². The van der Waals surface area contributed by atoms with E-state index in [1.807, 2.05) is 6.08 Å². The average molecular weight is 219 g/mol. The molecule has 2 heteroatoms. The first-order valence-corrected chi connectivity index (χ1v) is 6.64. The van der Waals surface area contributed by atoms with Gasteiger partial charge in [0.05, 0.1) is 0 Å². The van der Waals surface area contributed by atoms with Crippen molar-refractivity contribution in [3.05, 3.63) is 12.2 Å². The second-order valence-corrected chi connectivity index (χ2v) is 4.87. The monoisotopic (exact) mass is 219 g/mol. The highest BCUT2D eigenvalue weighted by Crippen LogP contribution is 2.20. The zero-order valence-electron chi connectivity index (χ0n) is 9.95. The predicted octanol–water partition coefficient (Wildman–Crippen LogP) is 3.46. The van der Waals surface area contributed by atoms with Gasteiger partial charge >= 0.3 is 0 Å². The van der Waals surface area contributed by atoms with E-state index in [0.717, 1.165) is 19.3 Å². The first-order valence-electron chi connectivity index (χ1n) is 6.64. The molecule has 0 spiro atoms. The third-order valence-corrected chi connectivity index (χ3v) is 3.40. The van der Waals surface area contributed by atoms with E-state index in [2.05, 4.69) is 4.99 Å². The predicted molar refractivity (Wildman–Crippen MR) is 66.9 cm³/mol. The van der Waals surface area contributed by atoms with Gasteiger partial charge in [0.1, 0.15) is 6.04 Å². The van der Waals surface area contributed by atoms with E-state index in [9.17, 15) is 4.79 Å². The molecule has 1 heterocycles. The number of carbonyl (C=O) groups is 1. The smallest absolute Gasteiger partial charge is 0.155 e. The van der Waals surface area contributed by atoms with Crippen LogP contribution in [0.3, 0.4) is 0 Å². The molecular formula is C14H21NO. The fourth-order valence-corrected chi connectivity index (χ4v) is 2.28. The van der Waals surface area contributed by atoms with Crippen LogP contribution in [0.1, 0.15) is 57.8 Å². The lowest BCUT2D eigenvalue weighted by atomic mass is 10.0. The minimum absolute atomic E-state index is 0.276. The lowest BCUT2D eigenvalue weighted by molar-refractivity contribution is -0.114. The topological polar surface area (TPSA) is 29.4 Å². The number of allylic oxidation sites excluding steroid dienone is 1. The van der Waals surface area contributed by atoms with Gasteiger partial charge in [0, 0.05) is 12.1 Å². The van der Waals surface area contributed by atoms with Crippen molar-refractivity contribution < 1.29 is 4.79 Å². The van der Waals surface area contributed by atoms with Crippen molar-refractivity contribution in [3.63, 3.8) is 0 Å². The highest BCUT2D eigenvalue weighted by Gasteiger charge is 2.23. The standard InChI is InChI=1S/C14H21NO/c16-12-8-6-4-2-1-3-5-7-9-13-14(15-13)11-10-12/h10-11,14H,1-9H2/b11-10+. The second kappa shape index (κ2) is 5.97. The Kier molecular flexibility index (Phi) is 4.32. The van der Waals surface area contributed by atoms with Crippen LogP contribution in [0.4, 0.5) is 0 Å². The summed E-state index contributed by atoms with van der Waals surface area (Å²) in [5, 5.41) is 0. The Labute approximate surface area is 97.8 Å². The van der Waals surface area contributed by atoms with Gasteiger partial charge in [-0.15, -0.1) is 0 Å². The molecule has 0 aromatic heterocycles. The van der Waals surface area contributed by atoms with Gasteiger partial charge in [-0.05, 0) is 25.3 Å². The molecule has 0 bridgehead atoms. The summed E-state index contributed by atoms with van der Waals surface area (Å²) in [6.45, 7) is 0. The average Bonchev–Trinajstić information content (AvgIpc) is 3.02. The van der Waals surface area contributed by atoms with Crippen LogP contribution >= 0.6 is 0 Å². The summed E-state index contributed by atoms with van der Waals surface area (Å²) >= 11 is 0. The van der Waals surface area contributed by atoms with E-state index in [1.165, 1.54) is 44.2 Å². The van der Waals surface area contributed by atoms with E-state index < -0.39 is 0 Å². The van der Waals surface area contributed by atoms with Crippen molar-refractivity contribution in [1.29, 1.82) is 0 Å². The van der Waals surface area contributed by atoms with Crippen molar-refractivity contribution >= 4 is 11.5 Å². The summed E-state index contributed by atoms with van der Waals surface area (Å²) in [4.78, 5) is 15.9. The fourth-order valence-electron chi connectivity index (χ4n) is 2.28. The molecule has 0 fully saturated rings. The van der Waals surface area contributed by atoms with Crippen molar-refractivity contribution in [2.45, 2.75) is 63.8 Å². The molecule has 1 atom stereocenters. The number of carbonyl (C=O) groups excluding carboxylic acids is 1. The largest absolute Gasteiger partial charge is 0.295 e. The minimum Gasteiger partial charge on any atom is -0.295 e. The Morgan fingerprint density at radius 3 is 2.31 bits per heavy atom. The quantitative estimate of drug-likeness (QED) is 0.613. The van der Waals surface area contributed by atoms with Crippen LogP contribution in [0.25, 0.3) is 0 Å². The fraction of sp³-hybridized carbons (Fsp3) is 0.714. The molecule has 0 N–H and O–H groups in total. The van der Waals surface area contributed by atoms with Crippen molar-refractivity contribution in [1.82, 2.24) is 0 Å². The van der Waals surface area contributed by atoms with E-state index in [4.69, 9.17) is 0 Å². The zero-order valence-corrected chi connectivity index (χ0v) is 9.95. The molecule has 2 aliphatic rings. The normalized spacial score (nSPS) is 29.9. The molecule has 0 amide bonds. The summed E-state index contributed by atoms with van der Waals surface area (Å²) in [6.07, 6.45) is 14.4. The number of fused-ring (bicyclic) bond motifs is 1. The third-order valence-electron chi connectivity index (χ3n) is 3.40. The van der Waals surface area contributed by atoms with Gasteiger partial charge in [-0.2, -0.15) is 0 Å². The molecule has 0 saturated carbocycles. The Morgan fingerprint density at radius 2 is 1.56 bits per heavy atom. The molecule has 0 radical (unpaired) electrons. The zero-order chi connectivity index (χ0) is 11.2. The molecule has 0 aromatic carbocycles. The van der Waals surface area contributed by atoms with E-state index in [-0.39, 0.29) is 11.8 Å². The number of aliphatic imine (C=N–C) groups is 1. The van der Waals surface area contributed by atoms with Gasteiger partial charge in [-0.1, -0.05) is 38.2 Å². The number of hydrogen-bond donors (Lipinski definition) is 0. The summed E-state index contributed by atoms with van der Waals surface area (Å²) in [5.41, 5.74) is 1.31. The molecule has 16 heavy (non-hydrogen) atoms. The van der Waals surface area contributed by atoms with Crippen LogP contribution in [0, 0.1) is 0 Å². The molecule has 1 aliphatic heterocycles. The number of rotatable bonds is 0. The van der Waals surface area contributed by atoms with Crippen LogP contribution in [0.5, 0.6) is 0 Å². The van der Waals surface area contributed by atoms with Gasteiger partial charge in [0.2, 0.25) is 0 Å². The van der Waals surface area contributed by atoms with Crippen molar-refractivity contribution in [2.24, 2.45) is 4.99 Å². The van der Waals surface area contributed by atoms with Crippen LogP contribution in [-0.2, 0) is 4.79 Å². The number of nitrogens with zero attached hydrogens (tertiary/aromatic N) is 1. The Hall–Kier alpha value is -0.920. The van der Waals surface area contributed by atoms with E-state index >= 15 is 0 Å². The lowest BCUT2D eigenvalue weighted by Gasteiger charge is -2.01. The second-order valence-electron chi connectivity index (χ2n) is 4.87. The first-order chi connectivity index (χ1) is 7.86. The number of hydrogen-bond acceptors (Lipinski definition) is 2. The van der Waals surface area contributed by atoms with Crippen LogP contribution in [-0.4, -0.2) is 17.5 Å². The molecule has 88 valence electrons. The highest BCUT2D eigenvalue weighted by atomic mass is 16.1. The van der Waals surface area contributed by atoms with Crippen LogP contribution < -0.4 is 0 Å². The number of ketones is 1. The molecular weight excluding hydrogens is 198 g/mol. The lowest BCUT2D eigenvalue weighted by Crippen LogP contribution is -1.98. The van der Waals surface area contributed by atoms with Crippen molar-refractivity contribution in [3.8, 4) is 0 Å². The Balaban J connectivity index is 1.79. The maximum Gasteiger partial charge on any atom is 0.155 e. The maximum absolute atomic E-state index is 11.5. The van der Waals surface area contributed by atoms with Crippen LogP contribution in [0.2, 0.25) is 0 Å². The first kappa shape index (κ1) is 11.6. The molecule has 0 saturated heterocycles. The van der Waals surface area contributed by atoms with Gasteiger partial charge in [-0.3, -0.25) is 9.79 Å². The summed E-state index contributed by atoms with van der Waals surface area (Å²) < 4.78 is 0. The molecule has 2 nitrogen and oxygen atoms in total. The Bertz CT molecular complexity index is 304. The highest BCUT2D eigenvalue weighted by molar-refractivity contribution is 6.03. The van der Waals surface area contributed by atoms with E-state index in [0.29, 0.717) is 0 Å². The van der Waals surface area contributed by atoms with E-state index in [1.54, 1.807) is 6.08 Å². The molecule has 1 aliphatic carbocycles. The van der Waals surface area contributed by atoms with Gasteiger partial charge in [-0.25, -0.2) is 0 Å². The summed E-state index contributed by atoms with van der Waals surface area (Å²) in [6, 6.07) is 0.284. The van der Waals surface area contributed by atoms with Gasteiger partial charge < -0.3 is 0 Å². The van der Waals surface area contributed by atoms with Gasteiger partial charge in [0.25, 0.3) is 0 Å². The SMILES string of the molecule is O=C1/C=C/C2N=C2CCCCCCCCC1. The molecule has 1 unspecified atom stereocenters. The third kappa shape index (κ3) is 3.92. The molecule has 0 aromatic rings. The van der Waals surface area contributed by atoms with Gasteiger partial charge in [0.15, 0.2) is 5.78 Å². The summed E-state index contributed by atoms with van der Waals surface area (Å²) in [7, 11) is 0. The molecule has 2 rings (SSSR count). The van der Waals surface area contributed by atoms with Crippen LogP contribution in [0.15, 0.2) is 17.1 Å². The maximum atomic E-state index is 11.5.